The Bertz CT molecular complexity index is 373. The highest BCUT2D eigenvalue weighted by molar-refractivity contribution is 6.18. The number of halogens is 1. The van der Waals surface area contributed by atoms with E-state index in [0.29, 0.717) is 12.0 Å². The Kier molecular flexibility index (Phi) is 4.76. The summed E-state index contributed by atoms with van der Waals surface area (Å²) in [5, 5.41) is 0. The summed E-state index contributed by atoms with van der Waals surface area (Å²) < 4.78 is 11.1. The maximum atomic E-state index is 6.12. The number of hydrogen-bond donors (Lipinski definition) is 0. The molecular weight excluding hydrogens is 248 g/mol. The summed E-state index contributed by atoms with van der Waals surface area (Å²) in [5.41, 5.74) is 0.309. The zero-order chi connectivity index (χ0) is 12.8. The average Bonchev–Trinajstić information content (AvgIpc) is 2.89. The first-order valence-corrected chi connectivity index (χ1v) is 7.15. The molecule has 1 saturated carbocycles. The van der Waals surface area contributed by atoms with Crippen molar-refractivity contribution < 1.29 is 9.47 Å². The summed E-state index contributed by atoms with van der Waals surface area (Å²) in [6.07, 6.45) is 6.13. The van der Waals surface area contributed by atoms with Crippen LogP contribution < -0.4 is 9.47 Å². The fourth-order valence-corrected chi connectivity index (χ4v) is 3.09. The molecule has 18 heavy (non-hydrogen) atoms. The van der Waals surface area contributed by atoms with Gasteiger partial charge in [0.15, 0.2) is 11.5 Å². The molecule has 0 amide bonds. The van der Waals surface area contributed by atoms with Crippen LogP contribution in [0, 0.1) is 5.41 Å². The molecule has 1 fully saturated rings. The molecule has 2 rings (SSSR count). The van der Waals surface area contributed by atoms with Crippen molar-refractivity contribution in [1.82, 2.24) is 0 Å². The van der Waals surface area contributed by atoms with Crippen molar-refractivity contribution in [1.29, 1.82) is 0 Å². The van der Waals surface area contributed by atoms with Gasteiger partial charge >= 0.3 is 0 Å². The van der Waals surface area contributed by atoms with Crippen LogP contribution in [-0.2, 0) is 0 Å². The zero-order valence-electron chi connectivity index (χ0n) is 11.0. The first-order valence-electron chi connectivity index (χ1n) is 6.61. The predicted molar refractivity (Wildman–Crippen MR) is 74.7 cm³/mol. The average molecular weight is 269 g/mol. The minimum Gasteiger partial charge on any atom is -0.493 e. The largest absolute Gasteiger partial charge is 0.493 e. The quantitative estimate of drug-likeness (QED) is 0.718. The lowest BCUT2D eigenvalue weighted by Crippen LogP contribution is -2.21. The van der Waals surface area contributed by atoms with Crippen molar-refractivity contribution in [2.75, 3.05) is 19.6 Å². The zero-order valence-corrected chi connectivity index (χ0v) is 11.7. The van der Waals surface area contributed by atoms with E-state index in [0.717, 1.165) is 23.8 Å². The molecule has 3 heteroatoms. The Morgan fingerprint density at radius 2 is 1.83 bits per heavy atom. The van der Waals surface area contributed by atoms with Gasteiger partial charge in [-0.1, -0.05) is 25.0 Å². The van der Waals surface area contributed by atoms with Gasteiger partial charge in [0.1, 0.15) is 0 Å². The summed E-state index contributed by atoms with van der Waals surface area (Å²) in [7, 11) is 1.67. The van der Waals surface area contributed by atoms with Crippen molar-refractivity contribution >= 4 is 11.6 Å². The van der Waals surface area contributed by atoms with E-state index in [1.807, 2.05) is 24.3 Å². The Labute approximate surface area is 114 Å². The normalized spacial score (nSPS) is 17.7. The third kappa shape index (κ3) is 3.11. The van der Waals surface area contributed by atoms with Gasteiger partial charge < -0.3 is 9.47 Å². The molecule has 0 atom stereocenters. The maximum Gasteiger partial charge on any atom is 0.161 e. The highest BCUT2D eigenvalue weighted by atomic mass is 35.5. The number of ether oxygens (including phenoxy) is 2. The Balaban J connectivity index is 1.88. The van der Waals surface area contributed by atoms with E-state index in [1.54, 1.807) is 7.11 Å². The second kappa shape index (κ2) is 6.33. The molecule has 0 radical (unpaired) electrons. The van der Waals surface area contributed by atoms with Crippen LogP contribution in [0.25, 0.3) is 0 Å². The van der Waals surface area contributed by atoms with Gasteiger partial charge in [-0.05, 0) is 36.8 Å². The molecule has 0 N–H and O–H groups in total. The Hall–Kier alpha value is -0.890. The SMILES string of the molecule is COc1ccccc1OCCC1(CCl)CCCC1. The van der Waals surface area contributed by atoms with Gasteiger partial charge in [-0.2, -0.15) is 0 Å². The first kappa shape index (κ1) is 13.5. The molecule has 1 aliphatic carbocycles. The van der Waals surface area contributed by atoms with Crippen molar-refractivity contribution in [3.63, 3.8) is 0 Å². The predicted octanol–water partition coefficient (Wildman–Crippen LogP) is 4.26. The van der Waals surface area contributed by atoms with Crippen LogP contribution in [-0.4, -0.2) is 19.6 Å². The highest BCUT2D eigenvalue weighted by Crippen LogP contribution is 2.42. The molecule has 0 spiro atoms. The standard InChI is InChI=1S/C15H21ClO2/c1-17-13-6-2-3-7-14(13)18-11-10-15(12-16)8-4-5-9-15/h2-3,6-7H,4-5,8-12H2,1H3. The number of para-hydroxylation sites is 2. The molecule has 0 aromatic heterocycles. The smallest absolute Gasteiger partial charge is 0.161 e. The summed E-state index contributed by atoms with van der Waals surface area (Å²) >= 11 is 6.12. The Morgan fingerprint density at radius 3 is 2.44 bits per heavy atom. The molecule has 0 saturated heterocycles. The molecular formula is C15H21ClO2. The van der Waals surface area contributed by atoms with Gasteiger partial charge in [0.25, 0.3) is 0 Å². The molecule has 1 aromatic rings. The maximum absolute atomic E-state index is 6.12. The fraction of sp³-hybridized carbons (Fsp3) is 0.600. The van der Waals surface area contributed by atoms with E-state index in [-0.39, 0.29) is 0 Å². The van der Waals surface area contributed by atoms with E-state index in [1.165, 1.54) is 25.7 Å². The molecule has 1 aliphatic rings. The van der Waals surface area contributed by atoms with Crippen LogP contribution in [0.5, 0.6) is 11.5 Å². The van der Waals surface area contributed by atoms with Gasteiger partial charge in [0.05, 0.1) is 13.7 Å². The Morgan fingerprint density at radius 1 is 1.17 bits per heavy atom. The number of benzene rings is 1. The minimum atomic E-state index is 0.309. The van der Waals surface area contributed by atoms with Gasteiger partial charge in [-0.15, -0.1) is 11.6 Å². The van der Waals surface area contributed by atoms with E-state index < -0.39 is 0 Å². The lowest BCUT2D eigenvalue weighted by Gasteiger charge is -2.26. The minimum absolute atomic E-state index is 0.309. The molecule has 0 heterocycles. The first-order chi connectivity index (χ1) is 8.79. The van der Waals surface area contributed by atoms with Crippen molar-refractivity contribution in [2.24, 2.45) is 5.41 Å². The monoisotopic (exact) mass is 268 g/mol. The van der Waals surface area contributed by atoms with E-state index in [4.69, 9.17) is 21.1 Å². The molecule has 0 unspecified atom stereocenters. The van der Waals surface area contributed by atoms with Gasteiger partial charge in [-0.25, -0.2) is 0 Å². The molecule has 1 aromatic carbocycles. The fourth-order valence-electron chi connectivity index (χ4n) is 2.69. The van der Waals surface area contributed by atoms with Crippen LogP contribution in [0.1, 0.15) is 32.1 Å². The summed E-state index contributed by atoms with van der Waals surface area (Å²) in [6, 6.07) is 7.77. The van der Waals surface area contributed by atoms with Crippen molar-refractivity contribution in [2.45, 2.75) is 32.1 Å². The number of hydrogen-bond acceptors (Lipinski definition) is 2. The third-order valence-electron chi connectivity index (χ3n) is 3.91. The lowest BCUT2D eigenvalue weighted by molar-refractivity contribution is 0.213. The van der Waals surface area contributed by atoms with Crippen LogP contribution in [0.15, 0.2) is 24.3 Å². The summed E-state index contributed by atoms with van der Waals surface area (Å²) in [5.74, 6) is 2.37. The van der Waals surface area contributed by atoms with Crippen LogP contribution >= 0.6 is 11.6 Å². The number of alkyl halides is 1. The topological polar surface area (TPSA) is 18.5 Å². The molecule has 0 aliphatic heterocycles. The van der Waals surface area contributed by atoms with Crippen molar-refractivity contribution in [3.8, 4) is 11.5 Å². The summed E-state index contributed by atoms with van der Waals surface area (Å²) in [6.45, 7) is 0.715. The molecule has 0 bridgehead atoms. The highest BCUT2D eigenvalue weighted by Gasteiger charge is 2.32. The molecule has 100 valence electrons. The molecule has 2 nitrogen and oxygen atoms in total. The van der Waals surface area contributed by atoms with Crippen LogP contribution in [0.4, 0.5) is 0 Å². The van der Waals surface area contributed by atoms with E-state index in [2.05, 4.69) is 0 Å². The van der Waals surface area contributed by atoms with Crippen LogP contribution in [0.3, 0.4) is 0 Å². The van der Waals surface area contributed by atoms with E-state index >= 15 is 0 Å². The van der Waals surface area contributed by atoms with Crippen LogP contribution in [0.2, 0.25) is 0 Å². The number of rotatable bonds is 6. The second-order valence-corrected chi connectivity index (χ2v) is 5.36. The lowest BCUT2D eigenvalue weighted by atomic mass is 9.85. The van der Waals surface area contributed by atoms with Crippen molar-refractivity contribution in [3.05, 3.63) is 24.3 Å². The van der Waals surface area contributed by atoms with Gasteiger partial charge in [0, 0.05) is 5.88 Å². The summed E-state index contributed by atoms with van der Waals surface area (Å²) in [4.78, 5) is 0. The second-order valence-electron chi connectivity index (χ2n) is 5.09. The number of methoxy groups -OCH3 is 1. The van der Waals surface area contributed by atoms with Gasteiger partial charge in [0.2, 0.25) is 0 Å². The third-order valence-corrected chi connectivity index (χ3v) is 4.47. The van der Waals surface area contributed by atoms with Gasteiger partial charge in [-0.3, -0.25) is 0 Å². The van der Waals surface area contributed by atoms with E-state index in [9.17, 15) is 0 Å².